The van der Waals surface area contributed by atoms with Crippen molar-refractivity contribution in [2.75, 3.05) is 7.05 Å². The van der Waals surface area contributed by atoms with Gasteiger partial charge in [-0.25, -0.2) is 17.5 Å². The van der Waals surface area contributed by atoms with E-state index in [1.807, 2.05) is 6.92 Å². The van der Waals surface area contributed by atoms with Gasteiger partial charge in [-0.3, -0.25) is 0 Å². The largest absolute Gasteiger partial charge is 0.316 e. The smallest absolute Gasteiger partial charge is 0.243 e. The zero-order chi connectivity index (χ0) is 14.2. The summed E-state index contributed by atoms with van der Waals surface area (Å²) in [7, 11) is -2.13. The van der Waals surface area contributed by atoms with Crippen LogP contribution in [0.5, 0.6) is 0 Å². The van der Waals surface area contributed by atoms with Crippen molar-refractivity contribution >= 4 is 26.0 Å². The van der Waals surface area contributed by atoms with Gasteiger partial charge in [0.1, 0.15) is 10.7 Å². The lowest BCUT2D eigenvalue weighted by molar-refractivity contribution is 0.544. The second-order valence-electron chi connectivity index (χ2n) is 4.85. The van der Waals surface area contributed by atoms with Crippen molar-refractivity contribution < 1.29 is 12.8 Å². The standard InChI is InChI=1S/C12H16BrFN2O2S/c1-7-3-10(7)16-19(17,18)11-5-9(13)4-8(6-15-2)12(11)14/h4-5,7,10,15-16H,3,6H2,1-2H3. The maximum absolute atomic E-state index is 14.2. The van der Waals surface area contributed by atoms with E-state index in [9.17, 15) is 12.8 Å². The minimum Gasteiger partial charge on any atom is -0.316 e. The van der Waals surface area contributed by atoms with Crippen LogP contribution in [-0.4, -0.2) is 21.5 Å². The lowest BCUT2D eigenvalue weighted by atomic mass is 10.2. The second kappa shape index (κ2) is 5.47. The molecule has 0 spiro atoms. The Morgan fingerprint density at radius 2 is 2.11 bits per heavy atom. The summed E-state index contributed by atoms with van der Waals surface area (Å²) in [6, 6.07) is 2.80. The molecule has 2 rings (SSSR count). The van der Waals surface area contributed by atoms with Crippen LogP contribution in [0.1, 0.15) is 18.9 Å². The van der Waals surface area contributed by atoms with Crippen LogP contribution in [0, 0.1) is 11.7 Å². The Hall–Kier alpha value is -0.500. The third-order valence-electron chi connectivity index (χ3n) is 3.15. The molecule has 0 radical (unpaired) electrons. The average molecular weight is 351 g/mol. The number of rotatable bonds is 5. The molecule has 0 bridgehead atoms. The highest BCUT2D eigenvalue weighted by atomic mass is 79.9. The summed E-state index contributed by atoms with van der Waals surface area (Å²) in [6.07, 6.45) is 0.804. The van der Waals surface area contributed by atoms with Crippen molar-refractivity contribution in [1.82, 2.24) is 10.0 Å². The Morgan fingerprint density at radius 3 is 2.63 bits per heavy atom. The Balaban J connectivity index is 2.37. The Bertz CT molecular complexity index is 592. The molecular formula is C12H16BrFN2O2S. The predicted molar refractivity (Wildman–Crippen MR) is 74.8 cm³/mol. The van der Waals surface area contributed by atoms with Crippen LogP contribution in [0.4, 0.5) is 4.39 Å². The van der Waals surface area contributed by atoms with Gasteiger partial charge < -0.3 is 5.32 Å². The molecule has 0 heterocycles. The van der Waals surface area contributed by atoms with Gasteiger partial charge in [0.2, 0.25) is 10.0 Å². The Morgan fingerprint density at radius 1 is 1.47 bits per heavy atom. The van der Waals surface area contributed by atoms with Gasteiger partial charge in [0.05, 0.1) is 0 Å². The third kappa shape index (κ3) is 3.34. The summed E-state index contributed by atoms with van der Waals surface area (Å²) >= 11 is 3.22. The summed E-state index contributed by atoms with van der Waals surface area (Å²) in [5, 5.41) is 2.81. The lowest BCUT2D eigenvalue weighted by Crippen LogP contribution is -2.28. The van der Waals surface area contributed by atoms with Crippen LogP contribution < -0.4 is 10.0 Å². The Kier molecular flexibility index (Phi) is 4.29. The normalized spacial score (nSPS) is 22.5. The number of hydrogen-bond donors (Lipinski definition) is 2. The Labute approximate surface area is 121 Å². The van der Waals surface area contributed by atoms with E-state index in [1.54, 1.807) is 13.1 Å². The predicted octanol–water partition coefficient (Wildman–Crippen LogP) is 1.99. The fourth-order valence-electron chi connectivity index (χ4n) is 1.88. The van der Waals surface area contributed by atoms with Crippen molar-refractivity contribution in [2.24, 2.45) is 5.92 Å². The van der Waals surface area contributed by atoms with Crippen LogP contribution in [-0.2, 0) is 16.6 Å². The van der Waals surface area contributed by atoms with E-state index in [4.69, 9.17) is 0 Å². The summed E-state index contributed by atoms with van der Waals surface area (Å²) in [6.45, 7) is 2.23. The minimum atomic E-state index is -3.81. The van der Waals surface area contributed by atoms with Crippen molar-refractivity contribution in [2.45, 2.75) is 30.8 Å². The molecule has 1 aromatic carbocycles. The van der Waals surface area contributed by atoms with Crippen LogP contribution in [0.15, 0.2) is 21.5 Å². The molecule has 2 unspecified atom stereocenters. The molecule has 0 saturated heterocycles. The fraction of sp³-hybridized carbons (Fsp3) is 0.500. The first-order valence-electron chi connectivity index (χ1n) is 6.00. The van der Waals surface area contributed by atoms with E-state index in [2.05, 4.69) is 26.0 Å². The topological polar surface area (TPSA) is 58.2 Å². The zero-order valence-corrected chi connectivity index (χ0v) is 13.1. The molecule has 1 aromatic rings. The molecule has 106 valence electrons. The molecule has 0 aliphatic heterocycles. The summed E-state index contributed by atoms with van der Waals surface area (Å²) < 4.78 is 41.6. The molecule has 7 heteroatoms. The maximum atomic E-state index is 14.2. The molecule has 1 aliphatic carbocycles. The van der Waals surface area contributed by atoms with Crippen molar-refractivity contribution in [3.63, 3.8) is 0 Å². The number of nitrogens with one attached hydrogen (secondary N) is 2. The quantitative estimate of drug-likeness (QED) is 0.853. The molecule has 1 aliphatic rings. The van der Waals surface area contributed by atoms with E-state index in [-0.39, 0.29) is 17.5 Å². The highest BCUT2D eigenvalue weighted by Gasteiger charge is 2.37. The molecule has 4 nitrogen and oxygen atoms in total. The van der Waals surface area contributed by atoms with E-state index >= 15 is 0 Å². The van der Waals surface area contributed by atoms with Gasteiger partial charge >= 0.3 is 0 Å². The van der Waals surface area contributed by atoms with Crippen LogP contribution >= 0.6 is 15.9 Å². The second-order valence-corrected chi connectivity index (χ2v) is 7.45. The monoisotopic (exact) mass is 350 g/mol. The van der Waals surface area contributed by atoms with E-state index in [0.717, 1.165) is 6.42 Å². The summed E-state index contributed by atoms with van der Waals surface area (Å²) in [5.41, 5.74) is 0.320. The summed E-state index contributed by atoms with van der Waals surface area (Å²) in [5.74, 6) is -0.375. The SMILES string of the molecule is CNCc1cc(Br)cc(S(=O)(=O)NC2CC2C)c1F. The van der Waals surface area contributed by atoms with Gasteiger partial charge in [0, 0.05) is 22.6 Å². The maximum Gasteiger partial charge on any atom is 0.243 e. The highest BCUT2D eigenvalue weighted by molar-refractivity contribution is 9.10. The van der Waals surface area contributed by atoms with Gasteiger partial charge in [-0.05, 0) is 31.5 Å². The van der Waals surface area contributed by atoms with E-state index < -0.39 is 15.8 Å². The van der Waals surface area contributed by atoms with Crippen molar-refractivity contribution in [3.05, 3.63) is 28.0 Å². The first-order chi connectivity index (χ1) is 8.85. The number of sulfonamides is 1. The minimum absolute atomic E-state index is 0.0730. The van der Waals surface area contributed by atoms with Crippen LogP contribution in [0.25, 0.3) is 0 Å². The van der Waals surface area contributed by atoms with Crippen LogP contribution in [0.3, 0.4) is 0 Å². The molecule has 0 amide bonds. The average Bonchev–Trinajstić information content (AvgIpc) is 2.98. The van der Waals surface area contributed by atoms with Crippen molar-refractivity contribution in [1.29, 1.82) is 0 Å². The fourth-order valence-corrected chi connectivity index (χ4v) is 4.04. The van der Waals surface area contributed by atoms with Crippen molar-refractivity contribution in [3.8, 4) is 0 Å². The van der Waals surface area contributed by atoms with Crippen LogP contribution in [0.2, 0.25) is 0 Å². The molecular weight excluding hydrogens is 335 g/mol. The number of halogens is 2. The number of hydrogen-bond acceptors (Lipinski definition) is 3. The van der Waals surface area contributed by atoms with E-state index in [0.29, 0.717) is 16.0 Å². The summed E-state index contributed by atoms with van der Waals surface area (Å²) in [4.78, 5) is -0.300. The van der Waals surface area contributed by atoms with Gasteiger partial charge in [-0.2, -0.15) is 0 Å². The molecule has 19 heavy (non-hydrogen) atoms. The third-order valence-corrected chi connectivity index (χ3v) is 5.10. The molecule has 1 saturated carbocycles. The molecule has 2 N–H and O–H groups in total. The highest BCUT2D eigenvalue weighted by Crippen LogP contribution is 2.32. The first-order valence-corrected chi connectivity index (χ1v) is 8.27. The van der Waals surface area contributed by atoms with Gasteiger partial charge in [-0.15, -0.1) is 0 Å². The molecule has 2 atom stereocenters. The first kappa shape index (κ1) is 14.9. The number of benzene rings is 1. The lowest BCUT2D eigenvalue weighted by Gasteiger charge is -2.11. The van der Waals surface area contributed by atoms with Gasteiger partial charge in [0.15, 0.2) is 0 Å². The zero-order valence-electron chi connectivity index (χ0n) is 10.7. The molecule has 0 aromatic heterocycles. The molecule has 1 fully saturated rings. The van der Waals surface area contributed by atoms with Gasteiger partial charge in [0.25, 0.3) is 0 Å². The van der Waals surface area contributed by atoms with E-state index in [1.165, 1.54) is 6.07 Å². The van der Waals surface area contributed by atoms with Gasteiger partial charge in [-0.1, -0.05) is 22.9 Å².